The van der Waals surface area contributed by atoms with Gasteiger partial charge in [0, 0.05) is 24.7 Å². The van der Waals surface area contributed by atoms with Crippen LogP contribution in [0.3, 0.4) is 0 Å². The average Bonchev–Trinajstić information content (AvgIpc) is 2.80. The summed E-state index contributed by atoms with van der Waals surface area (Å²) in [5, 5.41) is 0.862. The lowest BCUT2D eigenvalue weighted by Gasteiger charge is -2.23. The molecule has 2 rings (SSSR count). The number of hydrogen-bond donors (Lipinski definition) is 1. The van der Waals surface area contributed by atoms with E-state index in [0.29, 0.717) is 22.2 Å². The van der Waals surface area contributed by atoms with E-state index in [0.717, 1.165) is 19.4 Å². The molecule has 2 N–H and O–H groups in total. The lowest BCUT2D eigenvalue weighted by Crippen LogP contribution is -2.39. The summed E-state index contributed by atoms with van der Waals surface area (Å²) in [4.78, 5) is 14.1. The summed E-state index contributed by atoms with van der Waals surface area (Å²) in [5.41, 5.74) is 6.22. The first-order chi connectivity index (χ1) is 8.13. The molecule has 100 valence electrons. The van der Waals surface area contributed by atoms with E-state index in [2.05, 4.69) is 0 Å². The van der Waals surface area contributed by atoms with E-state index < -0.39 is 0 Å². The van der Waals surface area contributed by atoms with Gasteiger partial charge in [-0.1, -0.05) is 23.2 Å². The third-order valence-corrected chi connectivity index (χ3v) is 3.82. The topological polar surface area (TPSA) is 46.3 Å². The predicted molar refractivity (Wildman–Crippen MR) is 76.8 cm³/mol. The number of benzene rings is 1. The Kier molecular flexibility index (Phi) is 5.73. The van der Waals surface area contributed by atoms with Crippen LogP contribution in [0.2, 0.25) is 10.0 Å². The zero-order valence-corrected chi connectivity index (χ0v) is 12.1. The second kappa shape index (κ2) is 6.62. The van der Waals surface area contributed by atoms with Gasteiger partial charge in [0.1, 0.15) is 0 Å². The number of hydrogen-bond acceptors (Lipinski definition) is 2. The van der Waals surface area contributed by atoms with Crippen molar-refractivity contribution in [1.82, 2.24) is 4.90 Å². The van der Waals surface area contributed by atoms with E-state index in [4.69, 9.17) is 28.9 Å². The Hall–Kier alpha value is -0.480. The minimum absolute atomic E-state index is 0. The third-order valence-electron chi connectivity index (χ3n) is 3.08. The van der Waals surface area contributed by atoms with Crippen LogP contribution in [0.15, 0.2) is 18.2 Å². The van der Waals surface area contributed by atoms with Crippen molar-refractivity contribution in [3.05, 3.63) is 33.8 Å². The maximum absolute atomic E-state index is 12.2. The van der Waals surface area contributed by atoms with Crippen LogP contribution in [-0.2, 0) is 0 Å². The highest BCUT2D eigenvalue weighted by atomic mass is 35.5. The van der Waals surface area contributed by atoms with E-state index in [1.807, 2.05) is 4.90 Å². The number of carbonyl (C=O) groups is 1. The molecule has 1 fully saturated rings. The minimum Gasteiger partial charge on any atom is -0.334 e. The SMILES string of the molecule is Cl.NCC1CCCN1C(=O)c1ccc(Cl)c(Cl)c1. The maximum Gasteiger partial charge on any atom is 0.254 e. The number of rotatable bonds is 2. The first kappa shape index (κ1) is 15.6. The highest BCUT2D eigenvalue weighted by Gasteiger charge is 2.28. The summed E-state index contributed by atoms with van der Waals surface area (Å²) < 4.78 is 0. The summed E-state index contributed by atoms with van der Waals surface area (Å²) in [6.07, 6.45) is 1.98. The second-order valence-electron chi connectivity index (χ2n) is 4.16. The molecule has 3 nitrogen and oxygen atoms in total. The first-order valence-corrected chi connectivity index (χ1v) is 6.35. The molecule has 1 heterocycles. The Morgan fingerprint density at radius 1 is 1.39 bits per heavy atom. The molecule has 1 amide bonds. The average molecular weight is 310 g/mol. The number of nitrogens with zero attached hydrogens (tertiary/aromatic N) is 1. The van der Waals surface area contributed by atoms with Crippen molar-refractivity contribution in [1.29, 1.82) is 0 Å². The van der Waals surface area contributed by atoms with Crippen LogP contribution >= 0.6 is 35.6 Å². The molecule has 0 spiro atoms. The van der Waals surface area contributed by atoms with Gasteiger partial charge >= 0.3 is 0 Å². The molecular formula is C12H15Cl3N2O. The molecule has 1 aromatic carbocycles. The smallest absolute Gasteiger partial charge is 0.254 e. The van der Waals surface area contributed by atoms with Crippen LogP contribution in [-0.4, -0.2) is 29.9 Å². The lowest BCUT2D eigenvalue weighted by molar-refractivity contribution is 0.0741. The summed E-state index contributed by atoms with van der Waals surface area (Å²) in [5.74, 6) is -0.0171. The van der Waals surface area contributed by atoms with E-state index >= 15 is 0 Å². The molecule has 6 heteroatoms. The van der Waals surface area contributed by atoms with Crippen LogP contribution < -0.4 is 5.73 Å². The third kappa shape index (κ3) is 3.09. The van der Waals surface area contributed by atoms with Gasteiger partial charge in [-0.05, 0) is 31.0 Å². The van der Waals surface area contributed by atoms with Crippen LogP contribution in [0.25, 0.3) is 0 Å². The van der Waals surface area contributed by atoms with E-state index in [1.54, 1.807) is 18.2 Å². The molecule has 0 radical (unpaired) electrons. The molecule has 18 heavy (non-hydrogen) atoms. The normalized spacial score (nSPS) is 18.6. The summed E-state index contributed by atoms with van der Waals surface area (Å²) >= 11 is 11.7. The van der Waals surface area contributed by atoms with Gasteiger partial charge in [0.2, 0.25) is 0 Å². The molecule has 1 saturated heterocycles. The molecule has 0 bridgehead atoms. The molecule has 1 aliphatic rings. The maximum atomic E-state index is 12.2. The summed E-state index contributed by atoms with van der Waals surface area (Å²) in [6.45, 7) is 1.27. The second-order valence-corrected chi connectivity index (χ2v) is 4.97. The van der Waals surface area contributed by atoms with Crippen molar-refractivity contribution in [3.63, 3.8) is 0 Å². The highest BCUT2D eigenvalue weighted by Crippen LogP contribution is 2.25. The molecule has 0 saturated carbocycles. The van der Waals surface area contributed by atoms with Gasteiger partial charge in [0.25, 0.3) is 5.91 Å². The molecule has 0 aliphatic carbocycles. The number of carbonyl (C=O) groups excluding carboxylic acids is 1. The molecule has 1 aromatic rings. The monoisotopic (exact) mass is 308 g/mol. The zero-order valence-electron chi connectivity index (χ0n) is 9.73. The van der Waals surface area contributed by atoms with Gasteiger partial charge < -0.3 is 10.6 Å². The van der Waals surface area contributed by atoms with Crippen LogP contribution in [0.1, 0.15) is 23.2 Å². The van der Waals surface area contributed by atoms with Crippen LogP contribution in [0.5, 0.6) is 0 Å². The van der Waals surface area contributed by atoms with Gasteiger partial charge in [-0.15, -0.1) is 12.4 Å². The van der Waals surface area contributed by atoms with Crippen LogP contribution in [0.4, 0.5) is 0 Å². The van der Waals surface area contributed by atoms with Crippen molar-refractivity contribution in [2.24, 2.45) is 5.73 Å². The molecule has 0 aromatic heterocycles. The van der Waals surface area contributed by atoms with Crippen molar-refractivity contribution in [2.45, 2.75) is 18.9 Å². The zero-order chi connectivity index (χ0) is 12.4. The Morgan fingerprint density at radius 2 is 2.11 bits per heavy atom. The Morgan fingerprint density at radius 3 is 2.72 bits per heavy atom. The molecular weight excluding hydrogens is 295 g/mol. The largest absolute Gasteiger partial charge is 0.334 e. The van der Waals surface area contributed by atoms with Crippen molar-refractivity contribution in [3.8, 4) is 0 Å². The van der Waals surface area contributed by atoms with Gasteiger partial charge in [-0.25, -0.2) is 0 Å². The Bertz CT molecular complexity index is 439. The fraction of sp³-hybridized carbons (Fsp3) is 0.417. The van der Waals surface area contributed by atoms with Crippen molar-refractivity contribution in [2.75, 3.05) is 13.1 Å². The molecule has 1 unspecified atom stereocenters. The quantitative estimate of drug-likeness (QED) is 0.913. The number of halogens is 3. The number of likely N-dealkylation sites (tertiary alicyclic amines) is 1. The van der Waals surface area contributed by atoms with E-state index in [-0.39, 0.29) is 24.4 Å². The Labute approximate surface area is 123 Å². The van der Waals surface area contributed by atoms with Crippen molar-refractivity contribution >= 4 is 41.5 Å². The number of amides is 1. The fourth-order valence-corrected chi connectivity index (χ4v) is 2.44. The highest BCUT2D eigenvalue weighted by molar-refractivity contribution is 6.42. The van der Waals surface area contributed by atoms with Gasteiger partial charge in [0.15, 0.2) is 0 Å². The van der Waals surface area contributed by atoms with Crippen molar-refractivity contribution < 1.29 is 4.79 Å². The van der Waals surface area contributed by atoms with Gasteiger partial charge in [-0.3, -0.25) is 4.79 Å². The first-order valence-electron chi connectivity index (χ1n) is 5.59. The van der Waals surface area contributed by atoms with E-state index in [1.165, 1.54) is 0 Å². The summed E-state index contributed by atoms with van der Waals surface area (Å²) in [6, 6.07) is 5.10. The number of nitrogens with two attached hydrogens (primary N) is 1. The summed E-state index contributed by atoms with van der Waals surface area (Å²) in [7, 11) is 0. The van der Waals surface area contributed by atoms with Gasteiger partial charge in [0.05, 0.1) is 10.0 Å². The predicted octanol–water partition coefficient (Wildman–Crippen LogP) is 2.98. The molecule has 1 atom stereocenters. The fourth-order valence-electron chi connectivity index (χ4n) is 2.14. The standard InChI is InChI=1S/C12H14Cl2N2O.ClH/c13-10-4-3-8(6-11(10)14)12(17)16-5-1-2-9(16)7-15;/h3-4,6,9H,1-2,5,7,15H2;1H. The van der Waals surface area contributed by atoms with Crippen LogP contribution in [0, 0.1) is 0 Å². The Balaban J connectivity index is 0.00000162. The van der Waals surface area contributed by atoms with Gasteiger partial charge in [-0.2, -0.15) is 0 Å². The lowest BCUT2D eigenvalue weighted by atomic mass is 10.1. The van der Waals surface area contributed by atoms with E-state index in [9.17, 15) is 4.79 Å². The molecule has 1 aliphatic heterocycles. The minimum atomic E-state index is -0.0171.